The number of piperazine rings is 1. The summed E-state index contributed by atoms with van der Waals surface area (Å²) in [6.07, 6.45) is -0.576. The van der Waals surface area contributed by atoms with Gasteiger partial charge in [0.25, 0.3) is 5.91 Å². The van der Waals surface area contributed by atoms with Gasteiger partial charge in [0.05, 0.1) is 5.52 Å². The highest BCUT2D eigenvalue weighted by atomic mass is 19.2. The van der Waals surface area contributed by atoms with Crippen LogP contribution in [0.5, 0.6) is 5.75 Å². The highest BCUT2D eigenvalue weighted by Gasteiger charge is 2.29. The van der Waals surface area contributed by atoms with E-state index in [0.29, 0.717) is 13.1 Å². The summed E-state index contributed by atoms with van der Waals surface area (Å²) in [5.41, 5.74) is 2.18. The van der Waals surface area contributed by atoms with Crippen LogP contribution in [-0.2, 0) is 11.8 Å². The van der Waals surface area contributed by atoms with Gasteiger partial charge in [0.2, 0.25) is 0 Å². The van der Waals surface area contributed by atoms with Crippen molar-refractivity contribution in [3.05, 3.63) is 29.5 Å². The molecule has 2 amide bonds. The van der Waals surface area contributed by atoms with Gasteiger partial charge in [-0.2, -0.15) is 0 Å². The number of halogens is 2. The second kappa shape index (κ2) is 7.51. The largest absolute Gasteiger partial charge is 0.505 e. The average Bonchev–Trinajstić information content (AvgIpc) is 2.84. The number of aryl methyl sites for hydroxylation is 1. The molecule has 2 heterocycles. The minimum absolute atomic E-state index is 0.0430. The molecule has 29 heavy (non-hydrogen) atoms. The number of aromatic nitrogens is 1. The fraction of sp³-hybridized carbons (Fsp3) is 0.474. The lowest BCUT2D eigenvalue weighted by atomic mass is 10.2. The van der Waals surface area contributed by atoms with Crippen LogP contribution in [-0.4, -0.2) is 63.4 Å². The maximum absolute atomic E-state index is 13.6. The van der Waals surface area contributed by atoms with Gasteiger partial charge in [0, 0.05) is 44.7 Å². The van der Waals surface area contributed by atoms with Crippen molar-refractivity contribution in [2.24, 2.45) is 7.05 Å². The highest BCUT2D eigenvalue weighted by Crippen LogP contribution is 2.33. The lowest BCUT2D eigenvalue weighted by Crippen LogP contribution is -2.55. The lowest BCUT2D eigenvalue weighted by Gasteiger charge is -2.35. The first-order valence-corrected chi connectivity index (χ1v) is 9.18. The van der Waals surface area contributed by atoms with Gasteiger partial charge in [-0.15, -0.1) is 0 Å². The predicted octanol–water partition coefficient (Wildman–Crippen LogP) is 2.36. The Morgan fingerprint density at radius 1 is 1.10 bits per heavy atom. The summed E-state index contributed by atoms with van der Waals surface area (Å²) in [6, 6.07) is 1.82. The summed E-state index contributed by atoms with van der Waals surface area (Å²) in [5, 5.41) is 12.1. The number of hydrogen-bond donors (Lipinski definition) is 2. The summed E-state index contributed by atoms with van der Waals surface area (Å²) in [6.45, 7) is 6.58. The minimum Gasteiger partial charge on any atom is -0.505 e. The van der Waals surface area contributed by atoms with Gasteiger partial charge in [0.15, 0.2) is 17.4 Å². The zero-order valence-corrected chi connectivity index (χ0v) is 16.8. The topological polar surface area (TPSA) is 87.0 Å². The number of hydrazine groups is 1. The minimum atomic E-state index is -1.10. The Morgan fingerprint density at radius 3 is 2.28 bits per heavy atom. The van der Waals surface area contributed by atoms with Crippen molar-refractivity contribution < 1.29 is 28.2 Å². The van der Waals surface area contributed by atoms with E-state index in [1.807, 2.05) is 0 Å². The first-order valence-electron chi connectivity index (χ1n) is 9.18. The van der Waals surface area contributed by atoms with Gasteiger partial charge < -0.3 is 19.3 Å². The summed E-state index contributed by atoms with van der Waals surface area (Å²) in [7, 11) is 1.51. The van der Waals surface area contributed by atoms with Gasteiger partial charge in [-0.25, -0.2) is 18.6 Å². The summed E-state index contributed by atoms with van der Waals surface area (Å²) in [5.74, 6) is -3.00. The molecular weight excluding hydrogens is 386 g/mol. The van der Waals surface area contributed by atoms with Gasteiger partial charge >= 0.3 is 6.09 Å². The molecule has 1 aromatic carbocycles. The van der Waals surface area contributed by atoms with E-state index >= 15 is 0 Å². The quantitative estimate of drug-likeness (QED) is 0.794. The zero-order valence-electron chi connectivity index (χ0n) is 16.8. The van der Waals surface area contributed by atoms with E-state index in [1.54, 1.807) is 25.8 Å². The first kappa shape index (κ1) is 20.8. The number of carbonyl (C=O) groups is 2. The van der Waals surface area contributed by atoms with Gasteiger partial charge in [-0.05, 0) is 26.8 Å². The summed E-state index contributed by atoms with van der Waals surface area (Å²) < 4.78 is 33.6. The molecule has 0 bridgehead atoms. The molecule has 0 aliphatic carbocycles. The highest BCUT2D eigenvalue weighted by molar-refractivity contribution is 6.04. The lowest BCUT2D eigenvalue weighted by molar-refractivity contribution is 0.0219. The van der Waals surface area contributed by atoms with Gasteiger partial charge in [0.1, 0.15) is 11.3 Å². The van der Waals surface area contributed by atoms with E-state index in [0.717, 1.165) is 12.1 Å². The number of benzene rings is 1. The predicted molar refractivity (Wildman–Crippen MR) is 101 cm³/mol. The van der Waals surface area contributed by atoms with E-state index in [4.69, 9.17) is 4.74 Å². The third-order valence-electron chi connectivity index (χ3n) is 4.63. The van der Waals surface area contributed by atoms with Crippen LogP contribution in [0.25, 0.3) is 10.9 Å². The Kier molecular flexibility index (Phi) is 5.40. The maximum atomic E-state index is 13.6. The number of nitrogens with zero attached hydrogens (tertiary/aromatic N) is 3. The number of nitrogens with one attached hydrogen (secondary N) is 1. The van der Waals surface area contributed by atoms with Crippen molar-refractivity contribution in [3.8, 4) is 5.75 Å². The molecule has 0 spiro atoms. The Hall–Kier alpha value is -2.88. The van der Waals surface area contributed by atoms with Crippen LogP contribution >= 0.6 is 0 Å². The van der Waals surface area contributed by atoms with E-state index in [-0.39, 0.29) is 35.4 Å². The molecule has 158 valence electrons. The normalized spacial score (nSPS) is 15.6. The molecule has 8 nitrogen and oxygen atoms in total. The Bertz CT molecular complexity index is 914. The number of rotatable bonds is 2. The zero-order chi connectivity index (χ0) is 21.5. The maximum Gasteiger partial charge on any atom is 0.422 e. The molecule has 0 unspecified atom stereocenters. The van der Waals surface area contributed by atoms with Crippen LogP contribution in [0.2, 0.25) is 0 Å². The molecule has 1 aliphatic heterocycles. The summed E-state index contributed by atoms with van der Waals surface area (Å²) >= 11 is 0. The molecule has 0 atom stereocenters. The molecule has 0 radical (unpaired) electrons. The number of fused-ring (bicyclic) bond motifs is 1. The Labute approximate surface area is 166 Å². The molecule has 1 aromatic heterocycles. The molecule has 2 N–H and O–H groups in total. The van der Waals surface area contributed by atoms with E-state index in [1.165, 1.54) is 16.5 Å². The van der Waals surface area contributed by atoms with Crippen molar-refractivity contribution in [1.82, 2.24) is 19.9 Å². The number of amides is 2. The second-order valence-electron chi connectivity index (χ2n) is 7.93. The van der Waals surface area contributed by atoms with Crippen molar-refractivity contribution in [2.45, 2.75) is 26.4 Å². The number of carbonyl (C=O) groups excluding carboxylic acids is 2. The van der Waals surface area contributed by atoms with E-state index in [2.05, 4.69) is 5.43 Å². The Balaban J connectivity index is 1.71. The molecule has 1 saturated heterocycles. The molecular formula is C19H24F2N4O4. The number of hydrogen-bond acceptors (Lipinski definition) is 5. The Morgan fingerprint density at radius 2 is 1.69 bits per heavy atom. The van der Waals surface area contributed by atoms with Crippen molar-refractivity contribution in [3.63, 3.8) is 0 Å². The van der Waals surface area contributed by atoms with E-state index in [9.17, 15) is 23.5 Å². The molecule has 2 aromatic rings. The van der Waals surface area contributed by atoms with Crippen LogP contribution in [0.3, 0.4) is 0 Å². The van der Waals surface area contributed by atoms with Crippen molar-refractivity contribution in [1.29, 1.82) is 0 Å². The van der Waals surface area contributed by atoms with Crippen LogP contribution in [0.4, 0.5) is 13.6 Å². The molecule has 1 aliphatic rings. The molecule has 0 saturated carbocycles. The first-order chi connectivity index (χ1) is 13.5. The summed E-state index contributed by atoms with van der Waals surface area (Å²) in [4.78, 5) is 26.3. The van der Waals surface area contributed by atoms with Gasteiger partial charge in [-0.1, -0.05) is 0 Å². The smallest absolute Gasteiger partial charge is 0.422 e. The van der Waals surface area contributed by atoms with Crippen LogP contribution < -0.4 is 5.43 Å². The number of aromatic hydroxyl groups is 1. The second-order valence-corrected chi connectivity index (χ2v) is 7.93. The van der Waals surface area contributed by atoms with E-state index < -0.39 is 29.2 Å². The monoisotopic (exact) mass is 410 g/mol. The van der Waals surface area contributed by atoms with Crippen LogP contribution in [0.1, 0.15) is 31.3 Å². The van der Waals surface area contributed by atoms with Crippen LogP contribution in [0.15, 0.2) is 12.1 Å². The van der Waals surface area contributed by atoms with Crippen LogP contribution in [0, 0.1) is 11.6 Å². The molecule has 10 heteroatoms. The SMILES string of the molecule is Cn1c(C(=O)N2CCN(NC(=O)OC(C)(C)C)CC2)c(O)c2cc(F)c(F)cc21. The fourth-order valence-electron chi connectivity index (χ4n) is 3.26. The number of ether oxygens (including phenoxy) is 1. The third kappa shape index (κ3) is 4.26. The average molecular weight is 410 g/mol. The van der Waals surface area contributed by atoms with Crippen molar-refractivity contribution >= 4 is 22.9 Å². The standard InChI is InChI=1S/C19H24F2N4O4/c1-19(2,3)29-18(28)22-25-7-5-24(6-8-25)17(27)15-16(26)11-9-12(20)13(21)10-14(11)23(15)4/h9-10,26H,5-8H2,1-4H3,(H,22,28). The molecule has 3 rings (SSSR count). The van der Waals surface area contributed by atoms with Gasteiger partial charge in [-0.3, -0.25) is 10.2 Å². The third-order valence-corrected chi connectivity index (χ3v) is 4.63. The molecule has 1 fully saturated rings. The van der Waals surface area contributed by atoms with Crippen molar-refractivity contribution in [2.75, 3.05) is 26.2 Å². The fourth-order valence-corrected chi connectivity index (χ4v) is 3.26.